The standard InChI is InChI=1S/C24H35N3O2/c1-2-4-8-22(7-3-1)27-17-21-15-19(16-26-10-12-28-13-11-26)14-20-6-5-9-25-23(20)24(21)29-18-27/h6,15,22H,1-5,7-14,16-18H2. The van der Waals surface area contributed by atoms with Crippen molar-refractivity contribution in [2.75, 3.05) is 52.7 Å². The van der Waals surface area contributed by atoms with Crippen LogP contribution in [0.2, 0.25) is 0 Å². The minimum Gasteiger partial charge on any atom is -0.476 e. The van der Waals surface area contributed by atoms with Gasteiger partial charge in [-0.3, -0.25) is 14.8 Å². The van der Waals surface area contributed by atoms with Crippen molar-refractivity contribution in [2.45, 2.75) is 57.4 Å². The fourth-order valence-electron chi connectivity index (χ4n) is 5.44. The lowest BCUT2D eigenvalue weighted by Gasteiger charge is -2.36. The maximum Gasteiger partial charge on any atom is 0.151 e. The van der Waals surface area contributed by atoms with E-state index in [0.29, 0.717) is 6.04 Å². The van der Waals surface area contributed by atoms with Gasteiger partial charge in [0.1, 0.15) is 12.4 Å². The van der Waals surface area contributed by atoms with Crippen LogP contribution in [0.15, 0.2) is 39.6 Å². The third-order valence-corrected chi connectivity index (χ3v) is 7.02. The third kappa shape index (κ3) is 4.52. The van der Waals surface area contributed by atoms with E-state index in [-0.39, 0.29) is 0 Å². The van der Waals surface area contributed by atoms with Gasteiger partial charge in [-0.1, -0.05) is 43.4 Å². The van der Waals surface area contributed by atoms with Crippen molar-refractivity contribution < 1.29 is 9.47 Å². The number of hydrogen-bond acceptors (Lipinski definition) is 5. The second-order valence-corrected chi connectivity index (χ2v) is 9.14. The first-order valence-corrected chi connectivity index (χ1v) is 11.7. The largest absolute Gasteiger partial charge is 0.476 e. The summed E-state index contributed by atoms with van der Waals surface area (Å²) < 4.78 is 12.0. The molecule has 158 valence electrons. The maximum absolute atomic E-state index is 6.43. The molecular formula is C24H35N3O2. The quantitative estimate of drug-likeness (QED) is 0.681. The van der Waals surface area contributed by atoms with Gasteiger partial charge >= 0.3 is 0 Å². The highest BCUT2D eigenvalue weighted by Gasteiger charge is 2.32. The van der Waals surface area contributed by atoms with E-state index >= 15 is 0 Å². The van der Waals surface area contributed by atoms with Crippen LogP contribution in [0.1, 0.15) is 51.4 Å². The number of aliphatic imine (C=N–C) groups is 1. The summed E-state index contributed by atoms with van der Waals surface area (Å²) in [5, 5.41) is 0. The summed E-state index contributed by atoms with van der Waals surface area (Å²) in [4.78, 5) is 10.0. The molecule has 0 unspecified atom stereocenters. The van der Waals surface area contributed by atoms with Crippen molar-refractivity contribution in [3.8, 4) is 0 Å². The Bertz CT molecular complexity index is 722. The predicted octanol–water partition coefficient (Wildman–Crippen LogP) is 3.69. The zero-order chi connectivity index (χ0) is 19.5. The molecule has 5 nitrogen and oxygen atoms in total. The van der Waals surface area contributed by atoms with Gasteiger partial charge in [0.25, 0.3) is 0 Å². The van der Waals surface area contributed by atoms with Crippen LogP contribution in [0.3, 0.4) is 0 Å². The van der Waals surface area contributed by atoms with Gasteiger partial charge in [-0.05, 0) is 31.3 Å². The average molecular weight is 398 g/mol. The van der Waals surface area contributed by atoms with E-state index in [4.69, 9.17) is 14.5 Å². The summed E-state index contributed by atoms with van der Waals surface area (Å²) in [6.07, 6.45) is 15.1. The molecule has 0 radical (unpaired) electrons. The van der Waals surface area contributed by atoms with Crippen LogP contribution in [0.5, 0.6) is 0 Å². The Morgan fingerprint density at radius 1 is 1.07 bits per heavy atom. The summed E-state index contributed by atoms with van der Waals surface area (Å²) in [5.74, 6) is 1.07. The van der Waals surface area contributed by atoms with Gasteiger partial charge in [-0.25, -0.2) is 0 Å². The molecule has 5 heteroatoms. The Labute approximate surface area is 175 Å². The van der Waals surface area contributed by atoms with E-state index in [1.54, 1.807) is 0 Å². The molecular weight excluding hydrogens is 362 g/mol. The van der Waals surface area contributed by atoms with E-state index in [2.05, 4.69) is 22.0 Å². The molecule has 0 spiro atoms. The van der Waals surface area contributed by atoms with Gasteiger partial charge in [0.15, 0.2) is 5.76 Å². The van der Waals surface area contributed by atoms with Gasteiger partial charge in [-0.2, -0.15) is 0 Å². The Morgan fingerprint density at radius 3 is 2.72 bits per heavy atom. The van der Waals surface area contributed by atoms with Crippen molar-refractivity contribution in [1.29, 1.82) is 0 Å². The molecule has 2 fully saturated rings. The van der Waals surface area contributed by atoms with Crippen molar-refractivity contribution in [3.63, 3.8) is 0 Å². The average Bonchev–Trinajstić information content (AvgIpc) is 3.11. The molecule has 3 heterocycles. The zero-order valence-electron chi connectivity index (χ0n) is 17.7. The third-order valence-electron chi connectivity index (χ3n) is 7.02. The number of nitrogens with zero attached hydrogens (tertiary/aromatic N) is 3. The SMILES string of the molecule is C1=C(CN2CCOCC2)CC2=CCCN=C2C2=C1CN(C1CCCCCC1)CO2. The summed E-state index contributed by atoms with van der Waals surface area (Å²) in [5.41, 5.74) is 5.38. The number of morpholine rings is 1. The summed E-state index contributed by atoms with van der Waals surface area (Å²) in [7, 11) is 0. The molecule has 0 aromatic carbocycles. The first kappa shape index (κ1) is 19.5. The van der Waals surface area contributed by atoms with E-state index in [1.807, 2.05) is 0 Å². The van der Waals surface area contributed by atoms with Gasteiger partial charge in [0.05, 0.1) is 13.2 Å². The van der Waals surface area contributed by atoms with Crippen molar-refractivity contribution in [2.24, 2.45) is 4.99 Å². The van der Waals surface area contributed by atoms with Crippen LogP contribution < -0.4 is 0 Å². The topological polar surface area (TPSA) is 37.3 Å². The lowest BCUT2D eigenvalue weighted by atomic mass is 9.98. The summed E-state index contributed by atoms with van der Waals surface area (Å²) in [6.45, 7) is 7.45. The smallest absolute Gasteiger partial charge is 0.151 e. The van der Waals surface area contributed by atoms with Crippen molar-refractivity contribution in [3.05, 3.63) is 34.6 Å². The first-order chi connectivity index (χ1) is 14.4. The number of hydrogen-bond donors (Lipinski definition) is 0. The Kier molecular flexibility index (Phi) is 6.16. The highest BCUT2D eigenvalue weighted by Crippen LogP contribution is 2.33. The van der Waals surface area contributed by atoms with E-state index in [0.717, 1.165) is 77.0 Å². The molecule has 2 aliphatic carbocycles. The normalized spacial score (nSPS) is 27.7. The molecule has 1 saturated heterocycles. The predicted molar refractivity (Wildman–Crippen MR) is 116 cm³/mol. The second-order valence-electron chi connectivity index (χ2n) is 9.14. The van der Waals surface area contributed by atoms with Gasteiger partial charge in [0, 0.05) is 44.3 Å². The van der Waals surface area contributed by atoms with Crippen LogP contribution in [0, 0.1) is 0 Å². The fourth-order valence-corrected chi connectivity index (χ4v) is 5.44. The monoisotopic (exact) mass is 397 g/mol. The van der Waals surface area contributed by atoms with Crippen molar-refractivity contribution in [1.82, 2.24) is 9.80 Å². The molecule has 0 bridgehead atoms. The molecule has 3 aliphatic heterocycles. The summed E-state index contributed by atoms with van der Waals surface area (Å²) >= 11 is 0. The molecule has 0 amide bonds. The summed E-state index contributed by atoms with van der Waals surface area (Å²) in [6, 6.07) is 0.675. The number of ether oxygens (including phenoxy) is 2. The first-order valence-electron chi connectivity index (χ1n) is 11.7. The van der Waals surface area contributed by atoms with Crippen LogP contribution in [-0.2, 0) is 9.47 Å². The fraction of sp³-hybridized carbons (Fsp3) is 0.708. The van der Waals surface area contributed by atoms with Gasteiger partial charge < -0.3 is 9.47 Å². The molecule has 5 aliphatic rings. The second kappa shape index (κ2) is 9.15. The molecule has 0 N–H and O–H groups in total. The van der Waals surface area contributed by atoms with Gasteiger partial charge in [0.2, 0.25) is 0 Å². The highest BCUT2D eigenvalue weighted by molar-refractivity contribution is 6.13. The zero-order valence-corrected chi connectivity index (χ0v) is 17.7. The molecule has 0 aromatic rings. The lowest BCUT2D eigenvalue weighted by Crippen LogP contribution is -2.42. The van der Waals surface area contributed by atoms with Crippen LogP contribution in [0.25, 0.3) is 0 Å². The van der Waals surface area contributed by atoms with Crippen LogP contribution in [0.4, 0.5) is 0 Å². The van der Waals surface area contributed by atoms with E-state index in [1.165, 1.54) is 55.2 Å². The molecule has 0 atom stereocenters. The van der Waals surface area contributed by atoms with E-state index in [9.17, 15) is 0 Å². The van der Waals surface area contributed by atoms with Gasteiger partial charge in [-0.15, -0.1) is 0 Å². The Balaban J connectivity index is 1.40. The van der Waals surface area contributed by atoms with Crippen LogP contribution in [-0.4, -0.2) is 74.2 Å². The minimum atomic E-state index is 0.675. The van der Waals surface area contributed by atoms with E-state index < -0.39 is 0 Å². The lowest BCUT2D eigenvalue weighted by molar-refractivity contribution is 0.0319. The minimum absolute atomic E-state index is 0.675. The number of dihydropyridines is 1. The molecule has 29 heavy (non-hydrogen) atoms. The highest BCUT2D eigenvalue weighted by atomic mass is 16.5. The Hall–Kier alpha value is -1.43. The maximum atomic E-state index is 6.43. The number of fused-ring (bicyclic) bond motifs is 2. The Morgan fingerprint density at radius 2 is 1.90 bits per heavy atom. The van der Waals surface area contributed by atoms with Crippen molar-refractivity contribution >= 4 is 5.71 Å². The molecule has 0 aromatic heterocycles. The number of rotatable bonds is 3. The molecule has 1 saturated carbocycles. The van der Waals surface area contributed by atoms with Crippen LogP contribution >= 0.6 is 0 Å². The number of allylic oxidation sites excluding steroid dienone is 1. The molecule has 5 rings (SSSR count).